The van der Waals surface area contributed by atoms with E-state index in [1.807, 2.05) is 24.3 Å². The van der Waals surface area contributed by atoms with Crippen LogP contribution in [0, 0.1) is 0 Å². The average molecular weight is 391 g/mol. The summed E-state index contributed by atoms with van der Waals surface area (Å²) in [5.74, 6) is 0.543. The first-order valence-electron chi connectivity index (χ1n) is 8.50. The topological polar surface area (TPSA) is 76.7 Å². The Kier molecular flexibility index (Phi) is 7.95. The van der Waals surface area contributed by atoms with Crippen molar-refractivity contribution in [1.29, 1.82) is 0 Å². The molecular weight excluding hydrogens is 368 g/mol. The predicted molar refractivity (Wildman–Crippen MR) is 104 cm³/mol. The highest BCUT2D eigenvalue weighted by Gasteiger charge is 2.10. The van der Waals surface area contributed by atoms with Gasteiger partial charge in [-0.25, -0.2) is 0 Å². The minimum absolute atomic E-state index is 0.219. The van der Waals surface area contributed by atoms with Gasteiger partial charge in [0.2, 0.25) is 11.8 Å². The molecule has 0 aromatic heterocycles. The van der Waals surface area contributed by atoms with E-state index >= 15 is 0 Å². The van der Waals surface area contributed by atoms with E-state index in [1.165, 1.54) is 0 Å². The maximum Gasteiger partial charge on any atom is 0.229 e. The molecule has 2 aromatic rings. The summed E-state index contributed by atoms with van der Waals surface area (Å²) < 4.78 is 10.4. The highest BCUT2D eigenvalue weighted by molar-refractivity contribution is 6.30. The number of benzene rings is 2. The molecule has 0 saturated heterocycles. The number of hydrogen-bond acceptors (Lipinski definition) is 4. The third-order valence-corrected chi connectivity index (χ3v) is 4.12. The van der Waals surface area contributed by atoms with Gasteiger partial charge in [-0.05, 0) is 41.8 Å². The number of hydrogen-bond donors (Lipinski definition) is 2. The number of ether oxygens (including phenoxy) is 2. The number of rotatable bonds is 9. The van der Waals surface area contributed by atoms with Crippen LogP contribution in [0.2, 0.25) is 5.02 Å². The number of carbonyl (C=O) groups is 2. The zero-order valence-electron chi connectivity index (χ0n) is 15.4. The zero-order chi connectivity index (χ0) is 19.6. The van der Waals surface area contributed by atoms with Crippen molar-refractivity contribution in [2.75, 3.05) is 20.8 Å². The minimum atomic E-state index is -0.343. The summed E-state index contributed by atoms with van der Waals surface area (Å²) in [6.07, 6.45) is 0.433. The summed E-state index contributed by atoms with van der Waals surface area (Å²) in [6.45, 7) is 0.747. The molecule has 0 bridgehead atoms. The van der Waals surface area contributed by atoms with Crippen molar-refractivity contribution in [2.45, 2.75) is 19.4 Å². The van der Waals surface area contributed by atoms with E-state index in [0.717, 1.165) is 11.1 Å². The molecule has 0 fully saturated rings. The van der Waals surface area contributed by atoms with Crippen LogP contribution in [-0.4, -0.2) is 32.6 Å². The summed E-state index contributed by atoms with van der Waals surface area (Å²) >= 11 is 5.92. The van der Waals surface area contributed by atoms with Crippen molar-refractivity contribution in [1.82, 2.24) is 10.6 Å². The maximum atomic E-state index is 11.9. The van der Waals surface area contributed by atoms with E-state index in [4.69, 9.17) is 21.1 Å². The van der Waals surface area contributed by atoms with Gasteiger partial charge in [-0.1, -0.05) is 29.8 Å². The van der Waals surface area contributed by atoms with Gasteiger partial charge >= 0.3 is 0 Å². The van der Waals surface area contributed by atoms with Crippen molar-refractivity contribution in [2.24, 2.45) is 0 Å². The number of amides is 2. The molecule has 6 nitrogen and oxygen atoms in total. The van der Waals surface area contributed by atoms with E-state index < -0.39 is 0 Å². The van der Waals surface area contributed by atoms with E-state index in [2.05, 4.69) is 10.6 Å². The van der Waals surface area contributed by atoms with E-state index in [0.29, 0.717) is 36.0 Å². The van der Waals surface area contributed by atoms with Crippen molar-refractivity contribution in [3.05, 3.63) is 58.6 Å². The molecule has 0 unspecified atom stereocenters. The van der Waals surface area contributed by atoms with E-state index in [1.54, 1.807) is 32.4 Å². The average Bonchev–Trinajstić information content (AvgIpc) is 2.66. The van der Waals surface area contributed by atoms with Crippen molar-refractivity contribution in [3.63, 3.8) is 0 Å². The Balaban J connectivity index is 1.72. The molecule has 0 radical (unpaired) electrons. The molecule has 0 heterocycles. The number of methoxy groups -OCH3 is 2. The Bertz CT molecular complexity index is 795. The molecule has 0 aliphatic rings. The quantitative estimate of drug-likeness (QED) is 0.645. The zero-order valence-corrected chi connectivity index (χ0v) is 16.1. The Labute approximate surface area is 163 Å². The second-order valence-corrected chi connectivity index (χ2v) is 6.31. The summed E-state index contributed by atoms with van der Waals surface area (Å²) in [7, 11) is 3.11. The fourth-order valence-electron chi connectivity index (χ4n) is 2.50. The van der Waals surface area contributed by atoms with Crippen LogP contribution in [0.15, 0.2) is 42.5 Å². The summed E-state index contributed by atoms with van der Waals surface area (Å²) in [6, 6.07) is 12.8. The van der Waals surface area contributed by atoms with Gasteiger partial charge in [0.1, 0.15) is 6.42 Å². The van der Waals surface area contributed by atoms with Crippen LogP contribution in [0.4, 0.5) is 0 Å². The van der Waals surface area contributed by atoms with E-state index in [-0.39, 0.29) is 18.2 Å². The van der Waals surface area contributed by atoms with Crippen LogP contribution >= 0.6 is 11.6 Å². The van der Waals surface area contributed by atoms with Crippen LogP contribution in [-0.2, 0) is 22.6 Å². The molecule has 0 atom stereocenters. The molecule has 0 aliphatic carbocycles. The lowest BCUT2D eigenvalue weighted by molar-refractivity contribution is -0.129. The lowest BCUT2D eigenvalue weighted by Crippen LogP contribution is -2.32. The smallest absolute Gasteiger partial charge is 0.229 e. The maximum absolute atomic E-state index is 11.9. The molecule has 7 heteroatoms. The fourth-order valence-corrected chi connectivity index (χ4v) is 2.71. The van der Waals surface area contributed by atoms with Gasteiger partial charge in [-0.2, -0.15) is 0 Å². The number of carbonyl (C=O) groups excluding carboxylic acids is 2. The molecule has 0 aliphatic heterocycles. The second-order valence-electron chi connectivity index (χ2n) is 5.87. The fraction of sp³-hybridized carbons (Fsp3) is 0.300. The Morgan fingerprint density at radius 1 is 0.926 bits per heavy atom. The highest BCUT2D eigenvalue weighted by Crippen LogP contribution is 2.27. The first kappa shape index (κ1) is 20.6. The normalized spacial score (nSPS) is 10.2. The van der Waals surface area contributed by atoms with Crippen LogP contribution in [0.1, 0.15) is 17.5 Å². The Morgan fingerprint density at radius 3 is 2.37 bits per heavy atom. The van der Waals surface area contributed by atoms with Gasteiger partial charge in [0.05, 0.1) is 14.2 Å². The van der Waals surface area contributed by atoms with Crippen molar-refractivity contribution < 1.29 is 19.1 Å². The Hall–Kier alpha value is -2.73. The summed E-state index contributed by atoms with van der Waals surface area (Å²) in [4.78, 5) is 23.8. The van der Waals surface area contributed by atoms with Crippen LogP contribution < -0.4 is 20.1 Å². The molecule has 2 N–H and O–H groups in total. The SMILES string of the molecule is COc1ccc(CNC(=O)CC(=O)NCCc2cccc(Cl)c2)cc1OC. The second kappa shape index (κ2) is 10.4. The Morgan fingerprint density at radius 2 is 1.67 bits per heavy atom. The molecule has 144 valence electrons. The lowest BCUT2D eigenvalue weighted by atomic mass is 10.1. The predicted octanol–water partition coefficient (Wildman–Crippen LogP) is 2.72. The molecule has 2 aromatic carbocycles. The number of nitrogens with one attached hydrogen (secondary N) is 2. The highest BCUT2D eigenvalue weighted by atomic mass is 35.5. The van der Waals surface area contributed by atoms with E-state index in [9.17, 15) is 9.59 Å². The van der Waals surface area contributed by atoms with Crippen LogP contribution in [0.25, 0.3) is 0 Å². The van der Waals surface area contributed by atoms with Gasteiger partial charge in [-0.15, -0.1) is 0 Å². The number of halogens is 1. The van der Waals surface area contributed by atoms with Gasteiger partial charge in [0.15, 0.2) is 11.5 Å². The standard InChI is InChI=1S/C20H23ClN2O4/c1-26-17-7-6-15(11-18(17)27-2)13-23-20(25)12-19(24)22-9-8-14-4-3-5-16(21)10-14/h3-7,10-11H,8-9,12-13H2,1-2H3,(H,22,24)(H,23,25). The lowest BCUT2D eigenvalue weighted by Gasteiger charge is -2.10. The minimum Gasteiger partial charge on any atom is -0.493 e. The molecule has 2 rings (SSSR count). The molecule has 2 amide bonds. The first-order chi connectivity index (χ1) is 13.0. The van der Waals surface area contributed by atoms with Crippen LogP contribution in [0.5, 0.6) is 11.5 Å². The molecule has 0 saturated carbocycles. The summed E-state index contributed by atoms with van der Waals surface area (Å²) in [5, 5.41) is 6.11. The summed E-state index contributed by atoms with van der Waals surface area (Å²) in [5.41, 5.74) is 1.88. The monoisotopic (exact) mass is 390 g/mol. The van der Waals surface area contributed by atoms with Crippen LogP contribution in [0.3, 0.4) is 0 Å². The molecule has 0 spiro atoms. The largest absolute Gasteiger partial charge is 0.493 e. The molecular formula is C20H23ClN2O4. The van der Waals surface area contributed by atoms with Gasteiger partial charge < -0.3 is 20.1 Å². The van der Waals surface area contributed by atoms with Gasteiger partial charge in [0, 0.05) is 18.1 Å². The van der Waals surface area contributed by atoms with Crippen molar-refractivity contribution >= 4 is 23.4 Å². The van der Waals surface area contributed by atoms with Gasteiger partial charge in [0.25, 0.3) is 0 Å². The third-order valence-electron chi connectivity index (χ3n) is 3.88. The third kappa shape index (κ3) is 6.83. The van der Waals surface area contributed by atoms with Gasteiger partial charge in [-0.3, -0.25) is 9.59 Å². The molecule has 27 heavy (non-hydrogen) atoms. The first-order valence-corrected chi connectivity index (χ1v) is 8.88. The van der Waals surface area contributed by atoms with Crippen molar-refractivity contribution in [3.8, 4) is 11.5 Å².